The minimum atomic E-state index is -0.555. The monoisotopic (exact) mass is 366 g/mol. The van der Waals surface area contributed by atoms with Crippen molar-refractivity contribution in [2.24, 2.45) is 16.8 Å². The molecule has 0 aliphatic carbocycles. The van der Waals surface area contributed by atoms with Crippen molar-refractivity contribution >= 4 is 23.2 Å². The van der Waals surface area contributed by atoms with Crippen molar-refractivity contribution in [3.05, 3.63) is 102 Å². The van der Waals surface area contributed by atoms with Gasteiger partial charge in [0.1, 0.15) is 0 Å². The van der Waals surface area contributed by atoms with Crippen molar-refractivity contribution < 1.29 is 9.59 Å². The third-order valence-corrected chi connectivity index (χ3v) is 5.49. The Labute approximate surface area is 163 Å². The molecule has 1 fully saturated rings. The Bertz CT molecular complexity index is 1060. The van der Waals surface area contributed by atoms with Gasteiger partial charge in [0.2, 0.25) is 11.8 Å². The zero-order chi connectivity index (χ0) is 19.1. The lowest BCUT2D eigenvalue weighted by Gasteiger charge is -2.18. The van der Waals surface area contributed by atoms with E-state index in [-0.39, 0.29) is 17.9 Å². The summed E-state index contributed by atoms with van der Waals surface area (Å²) in [5.41, 5.74) is 3.17. The van der Waals surface area contributed by atoms with E-state index in [4.69, 9.17) is 4.99 Å². The Morgan fingerprint density at radius 1 is 0.679 bits per heavy atom. The molecule has 3 aromatic carbocycles. The second-order valence-corrected chi connectivity index (χ2v) is 7.09. The lowest BCUT2D eigenvalue weighted by molar-refractivity contribution is -0.122. The molecule has 2 aliphatic heterocycles. The van der Waals surface area contributed by atoms with Gasteiger partial charge >= 0.3 is 0 Å². The van der Waals surface area contributed by atoms with E-state index in [1.165, 1.54) is 4.90 Å². The predicted molar refractivity (Wildman–Crippen MR) is 108 cm³/mol. The molecule has 2 amide bonds. The normalized spacial score (nSPS) is 23.6. The molecule has 3 atom stereocenters. The van der Waals surface area contributed by atoms with Gasteiger partial charge in [-0.2, -0.15) is 0 Å². The van der Waals surface area contributed by atoms with Crippen LogP contribution in [0.1, 0.15) is 17.2 Å². The second kappa shape index (κ2) is 6.57. The molecular weight excluding hydrogens is 348 g/mol. The number of aliphatic imine (C=N–C) groups is 1. The van der Waals surface area contributed by atoms with E-state index >= 15 is 0 Å². The maximum atomic E-state index is 13.4. The van der Waals surface area contributed by atoms with Crippen molar-refractivity contribution in [2.75, 3.05) is 4.90 Å². The summed E-state index contributed by atoms with van der Waals surface area (Å²) in [6.45, 7) is 0. The molecule has 0 aromatic heterocycles. The van der Waals surface area contributed by atoms with Crippen LogP contribution in [0.5, 0.6) is 0 Å². The van der Waals surface area contributed by atoms with Gasteiger partial charge in [-0.05, 0) is 23.3 Å². The van der Waals surface area contributed by atoms with E-state index < -0.39 is 11.8 Å². The molecule has 2 heterocycles. The van der Waals surface area contributed by atoms with Crippen molar-refractivity contribution in [2.45, 2.75) is 6.04 Å². The fourth-order valence-electron chi connectivity index (χ4n) is 4.23. The van der Waals surface area contributed by atoms with Crippen LogP contribution in [-0.4, -0.2) is 17.5 Å². The zero-order valence-electron chi connectivity index (χ0n) is 15.1. The number of benzene rings is 3. The standard InChI is InChI=1S/C24H18N2O2/c27-23-19-20(24(28)26(23)18-14-8-3-9-15-18)22(17-12-6-2-7-13-17)25-21(19)16-10-4-1-5-11-16/h1-15,19-21H. The van der Waals surface area contributed by atoms with Crippen molar-refractivity contribution in [1.29, 1.82) is 0 Å². The summed E-state index contributed by atoms with van der Waals surface area (Å²) in [6, 6.07) is 28.3. The smallest absolute Gasteiger partial charge is 0.243 e. The maximum absolute atomic E-state index is 13.4. The predicted octanol–water partition coefficient (Wildman–Crippen LogP) is 4.04. The van der Waals surface area contributed by atoms with Crippen LogP contribution in [0.2, 0.25) is 0 Å². The first-order valence-electron chi connectivity index (χ1n) is 9.36. The van der Waals surface area contributed by atoms with Gasteiger partial charge in [-0.25, -0.2) is 4.90 Å². The summed E-state index contributed by atoms with van der Waals surface area (Å²) in [7, 11) is 0. The average Bonchev–Trinajstić information content (AvgIpc) is 3.27. The van der Waals surface area contributed by atoms with Gasteiger partial charge in [0.15, 0.2) is 0 Å². The Morgan fingerprint density at radius 2 is 1.25 bits per heavy atom. The highest BCUT2D eigenvalue weighted by atomic mass is 16.2. The number of carbonyl (C=O) groups is 2. The molecule has 0 bridgehead atoms. The number of hydrogen-bond acceptors (Lipinski definition) is 3. The van der Waals surface area contributed by atoms with E-state index in [0.717, 1.165) is 11.1 Å². The fourth-order valence-corrected chi connectivity index (χ4v) is 4.23. The second-order valence-electron chi connectivity index (χ2n) is 7.09. The van der Waals surface area contributed by atoms with Crippen LogP contribution in [0.15, 0.2) is 96.0 Å². The molecule has 5 rings (SSSR count). The van der Waals surface area contributed by atoms with E-state index in [1.54, 1.807) is 12.1 Å². The number of carbonyl (C=O) groups excluding carboxylic acids is 2. The molecule has 4 heteroatoms. The number of hydrogen-bond donors (Lipinski definition) is 0. The summed E-state index contributed by atoms with van der Waals surface area (Å²) >= 11 is 0. The first-order valence-corrected chi connectivity index (χ1v) is 9.36. The average molecular weight is 366 g/mol. The van der Waals surface area contributed by atoms with Crippen LogP contribution in [0.3, 0.4) is 0 Å². The highest BCUT2D eigenvalue weighted by Gasteiger charge is 2.57. The van der Waals surface area contributed by atoms with Crippen LogP contribution in [0, 0.1) is 11.8 Å². The molecular formula is C24H18N2O2. The van der Waals surface area contributed by atoms with Gasteiger partial charge in [0, 0.05) is 0 Å². The van der Waals surface area contributed by atoms with Crippen LogP contribution in [0.25, 0.3) is 0 Å². The highest BCUT2D eigenvalue weighted by Crippen LogP contribution is 2.47. The first-order chi connectivity index (χ1) is 13.8. The fraction of sp³-hybridized carbons (Fsp3) is 0.125. The van der Waals surface area contributed by atoms with Gasteiger partial charge in [-0.1, -0.05) is 78.9 Å². The van der Waals surface area contributed by atoms with Gasteiger partial charge in [0.25, 0.3) is 0 Å². The number of anilines is 1. The summed E-state index contributed by atoms with van der Waals surface area (Å²) < 4.78 is 0. The van der Waals surface area contributed by atoms with Gasteiger partial charge in [-0.3, -0.25) is 14.6 Å². The number of para-hydroxylation sites is 1. The van der Waals surface area contributed by atoms with Crippen molar-refractivity contribution in [3.8, 4) is 0 Å². The van der Waals surface area contributed by atoms with E-state index in [0.29, 0.717) is 11.4 Å². The molecule has 0 N–H and O–H groups in total. The van der Waals surface area contributed by atoms with E-state index in [9.17, 15) is 9.59 Å². The molecule has 0 radical (unpaired) electrons. The molecule has 3 unspecified atom stereocenters. The van der Waals surface area contributed by atoms with Gasteiger partial charge in [-0.15, -0.1) is 0 Å². The van der Waals surface area contributed by atoms with Gasteiger partial charge in [0.05, 0.1) is 29.3 Å². The summed E-state index contributed by atoms with van der Waals surface area (Å²) in [5, 5.41) is 0. The quantitative estimate of drug-likeness (QED) is 0.657. The Morgan fingerprint density at radius 3 is 1.89 bits per heavy atom. The molecule has 2 aliphatic rings. The number of rotatable bonds is 3. The van der Waals surface area contributed by atoms with Crippen molar-refractivity contribution in [1.82, 2.24) is 0 Å². The number of imide groups is 1. The third-order valence-electron chi connectivity index (χ3n) is 5.49. The Hall–Kier alpha value is -3.53. The lowest BCUT2D eigenvalue weighted by atomic mass is 9.84. The highest BCUT2D eigenvalue weighted by molar-refractivity contribution is 6.32. The molecule has 1 saturated heterocycles. The molecule has 0 spiro atoms. The molecule has 0 saturated carbocycles. The van der Waals surface area contributed by atoms with E-state index in [2.05, 4.69) is 0 Å². The molecule has 28 heavy (non-hydrogen) atoms. The topological polar surface area (TPSA) is 49.7 Å². The van der Waals surface area contributed by atoms with Crippen LogP contribution < -0.4 is 4.90 Å². The number of fused-ring (bicyclic) bond motifs is 1. The molecule has 3 aromatic rings. The van der Waals surface area contributed by atoms with Crippen LogP contribution >= 0.6 is 0 Å². The Kier molecular flexibility index (Phi) is 3.90. The zero-order valence-corrected chi connectivity index (χ0v) is 15.1. The van der Waals surface area contributed by atoms with Gasteiger partial charge < -0.3 is 0 Å². The minimum Gasteiger partial charge on any atom is -0.279 e. The van der Waals surface area contributed by atoms with E-state index in [1.807, 2.05) is 78.9 Å². The third kappa shape index (κ3) is 2.49. The first kappa shape index (κ1) is 16.6. The van der Waals surface area contributed by atoms with Crippen molar-refractivity contribution in [3.63, 3.8) is 0 Å². The summed E-state index contributed by atoms with van der Waals surface area (Å²) in [6.07, 6.45) is 0. The number of amides is 2. The van der Waals surface area contributed by atoms with Crippen LogP contribution in [-0.2, 0) is 9.59 Å². The maximum Gasteiger partial charge on any atom is 0.243 e. The Balaban J connectivity index is 1.64. The molecule has 4 nitrogen and oxygen atoms in total. The lowest BCUT2D eigenvalue weighted by Crippen LogP contribution is -2.33. The summed E-state index contributed by atoms with van der Waals surface area (Å²) in [5.74, 6) is -1.43. The molecule has 136 valence electrons. The SMILES string of the molecule is O=C1C2C(c3ccccc3)=NC(c3ccccc3)C2C(=O)N1c1ccccc1. The largest absolute Gasteiger partial charge is 0.279 e. The number of nitrogens with zero attached hydrogens (tertiary/aromatic N) is 2. The minimum absolute atomic E-state index is 0.176. The summed E-state index contributed by atoms with van der Waals surface area (Å²) in [4.78, 5) is 33.0. The van der Waals surface area contributed by atoms with Crippen LogP contribution in [0.4, 0.5) is 5.69 Å².